The quantitative estimate of drug-likeness (QED) is 0.753. The summed E-state index contributed by atoms with van der Waals surface area (Å²) in [5.41, 5.74) is 0.790. The number of halogens is 3. The maximum atomic E-state index is 12.5. The number of carbonyl (C=O) groups is 1. The lowest BCUT2D eigenvalue weighted by atomic mass is 10.1. The number of hydrogen-bond acceptors (Lipinski definition) is 5. The number of hydrogen-bond donors (Lipinski definition) is 1. The summed E-state index contributed by atoms with van der Waals surface area (Å²) in [4.78, 5) is 12.7. The molecular formula is C13H8F3N3OS2. The zero-order valence-corrected chi connectivity index (χ0v) is 12.7. The monoisotopic (exact) mass is 343 g/mol. The van der Waals surface area contributed by atoms with Crippen molar-refractivity contribution in [3.05, 3.63) is 39.7 Å². The Kier molecular flexibility index (Phi) is 3.61. The standard InChI is InChI=1S/C13H8F3N3OS2/c1-6-7-4-2-3-5-8(7)21-9(6)10(20)17-12-19-18-11(22-12)13(14,15)16/h2-5H,1H3,(H,17,19,20). The van der Waals surface area contributed by atoms with E-state index in [1.165, 1.54) is 11.3 Å². The molecule has 0 atom stereocenters. The van der Waals surface area contributed by atoms with Gasteiger partial charge in [-0.2, -0.15) is 13.2 Å². The van der Waals surface area contributed by atoms with Crippen LogP contribution in [0.5, 0.6) is 0 Å². The average Bonchev–Trinajstić information content (AvgIpc) is 3.04. The van der Waals surface area contributed by atoms with Crippen LogP contribution >= 0.6 is 22.7 Å². The molecule has 22 heavy (non-hydrogen) atoms. The molecule has 0 fully saturated rings. The molecule has 2 heterocycles. The van der Waals surface area contributed by atoms with Crippen molar-refractivity contribution in [2.24, 2.45) is 0 Å². The fourth-order valence-electron chi connectivity index (χ4n) is 1.93. The number of nitrogens with zero attached hydrogens (tertiary/aromatic N) is 2. The highest BCUT2D eigenvalue weighted by Gasteiger charge is 2.35. The number of amides is 1. The molecule has 0 aliphatic rings. The lowest BCUT2D eigenvalue weighted by molar-refractivity contribution is -0.138. The highest BCUT2D eigenvalue weighted by atomic mass is 32.1. The van der Waals surface area contributed by atoms with Gasteiger partial charge in [0, 0.05) is 4.70 Å². The highest BCUT2D eigenvalue weighted by molar-refractivity contribution is 7.21. The summed E-state index contributed by atoms with van der Waals surface area (Å²) in [6, 6.07) is 7.51. The summed E-state index contributed by atoms with van der Waals surface area (Å²) >= 11 is 1.59. The predicted molar refractivity (Wildman–Crippen MR) is 79.4 cm³/mol. The molecule has 0 spiro atoms. The molecule has 0 saturated heterocycles. The van der Waals surface area contributed by atoms with Crippen molar-refractivity contribution >= 4 is 43.8 Å². The van der Waals surface area contributed by atoms with Gasteiger partial charge in [0.05, 0.1) is 4.88 Å². The van der Waals surface area contributed by atoms with Crippen molar-refractivity contribution in [3.8, 4) is 0 Å². The van der Waals surface area contributed by atoms with Crippen LogP contribution < -0.4 is 5.32 Å². The van der Waals surface area contributed by atoms with Gasteiger partial charge in [-0.05, 0) is 23.9 Å². The number of fused-ring (bicyclic) bond motifs is 1. The van der Waals surface area contributed by atoms with Gasteiger partial charge in [0.25, 0.3) is 5.91 Å². The molecular weight excluding hydrogens is 335 g/mol. The Morgan fingerprint density at radius 1 is 1.18 bits per heavy atom. The summed E-state index contributed by atoms with van der Waals surface area (Å²) in [7, 11) is 0. The first-order valence-electron chi connectivity index (χ1n) is 6.06. The summed E-state index contributed by atoms with van der Waals surface area (Å²) in [6.45, 7) is 1.80. The normalized spacial score (nSPS) is 11.8. The van der Waals surface area contributed by atoms with E-state index in [-0.39, 0.29) is 5.13 Å². The molecule has 3 aromatic rings. The van der Waals surface area contributed by atoms with Crippen LogP contribution in [0.1, 0.15) is 20.2 Å². The number of rotatable bonds is 2. The Bertz CT molecular complexity index is 854. The van der Waals surface area contributed by atoms with Crippen molar-refractivity contribution in [1.29, 1.82) is 0 Å². The van der Waals surface area contributed by atoms with Gasteiger partial charge in [0.15, 0.2) is 0 Å². The van der Waals surface area contributed by atoms with Gasteiger partial charge < -0.3 is 0 Å². The number of aryl methyl sites for hydroxylation is 1. The van der Waals surface area contributed by atoms with Crippen molar-refractivity contribution in [2.75, 3.05) is 5.32 Å². The van der Waals surface area contributed by atoms with Gasteiger partial charge in [0.1, 0.15) is 0 Å². The Morgan fingerprint density at radius 2 is 1.91 bits per heavy atom. The second-order valence-electron chi connectivity index (χ2n) is 4.42. The zero-order valence-electron chi connectivity index (χ0n) is 11.1. The van der Waals surface area contributed by atoms with Crippen LogP contribution in [0.25, 0.3) is 10.1 Å². The van der Waals surface area contributed by atoms with E-state index >= 15 is 0 Å². The molecule has 0 aliphatic carbocycles. The first-order valence-corrected chi connectivity index (χ1v) is 7.70. The van der Waals surface area contributed by atoms with Crippen LogP contribution in [-0.4, -0.2) is 16.1 Å². The van der Waals surface area contributed by atoms with E-state index in [0.717, 1.165) is 15.6 Å². The molecule has 1 aromatic carbocycles. The van der Waals surface area contributed by atoms with Crippen molar-refractivity contribution in [3.63, 3.8) is 0 Å². The van der Waals surface area contributed by atoms with E-state index in [1.807, 2.05) is 24.3 Å². The van der Waals surface area contributed by atoms with Crippen LogP contribution in [0.3, 0.4) is 0 Å². The average molecular weight is 343 g/mol. The number of thiophene rings is 1. The van der Waals surface area contributed by atoms with Gasteiger partial charge in [-0.1, -0.05) is 29.5 Å². The van der Waals surface area contributed by atoms with Gasteiger partial charge >= 0.3 is 6.18 Å². The van der Waals surface area contributed by atoms with E-state index in [2.05, 4.69) is 15.5 Å². The maximum absolute atomic E-state index is 12.5. The number of benzene rings is 1. The molecule has 4 nitrogen and oxygen atoms in total. The van der Waals surface area contributed by atoms with E-state index in [1.54, 1.807) is 6.92 Å². The number of aromatic nitrogens is 2. The molecule has 2 aromatic heterocycles. The van der Waals surface area contributed by atoms with E-state index in [0.29, 0.717) is 16.2 Å². The van der Waals surface area contributed by atoms with Gasteiger partial charge in [-0.15, -0.1) is 21.5 Å². The predicted octanol–water partition coefficient (Wildman–Crippen LogP) is 4.33. The van der Waals surface area contributed by atoms with E-state index < -0.39 is 17.1 Å². The molecule has 1 N–H and O–H groups in total. The molecule has 0 bridgehead atoms. The number of alkyl halides is 3. The lowest BCUT2D eigenvalue weighted by Crippen LogP contribution is -2.11. The van der Waals surface area contributed by atoms with Gasteiger partial charge in [-0.3, -0.25) is 10.1 Å². The molecule has 114 valence electrons. The molecule has 9 heteroatoms. The summed E-state index contributed by atoms with van der Waals surface area (Å²) in [5, 5.41) is 8.44. The fraction of sp³-hybridized carbons (Fsp3) is 0.154. The first kappa shape index (κ1) is 14.9. The number of nitrogens with one attached hydrogen (secondary N) is 1. The van der Waals surface area contributed by atoms with Crippen molar-refractivity contribution in [1.82, 2.24) is 10.2 Å². The van der Waals surface area contributed by atoms with Crippen LogP contribution in [0, 0.1) is 6.92 Å². The molecule has 0 saturated carbocycles. The first-order chi connectivity index (χ1) is 10.4. The van der Waals surface area contributed by atoms with Crippen LogP contribution in [0.4, 0.5) is 18.3 Å². The highest BCUT2D eigenvalue weighted by Crippen LogP contribution is 2.34. The third-order valence-corrected chi connectivity index (χ3v) is 5.09. The molecule has 0 unspecified atom stereocenters. The minimum absolute atomic E-state index is 0.172. The van der Waals surface area contributed by atoms with Gasteiger partial charge in [-0.25, -0.2) is 0 Å². The Hall–Kier alpha value is -2.00. The van der Waals surface area contributed by atoms with E-state index in [9.17, 15) is 18.0 Å². The zero-order chi connectivity index (χ0) is 15.9. The third-order valence-electron chi connectivity index (χ3n) is 2.94. The molecule has 0 radical (unpaired) electrons. The second kappa shape index (κ2) is 5.33. The summed E-state index contributed by atoms with van der Waals surface area (Å²) in [5.74, 6) is -0.483. The number of anilines is 1. The Morgan fingerprint density at radius 3 is 2.55 bits per heavy atom. The molecule has 3 rings (SSSR count). The van der Waals surface area contributed by atoms with Crippen molar-refractivity contribution < 1.29 is 18.0 Å². The minimum atomic E-state index is -4.56. The van der Waals surface area contributed by atoms with Crippen LogP contribution in [0.2, 0.25) is 0 Å². The third kappa shape index (κ3) is 2.69. The topological polar surface area (TPSA) is 54.9 Å². The summed E-state index contributed by atoms with van der Waals surface area (Å²) in [6.07, 6.45) is -4.56. The minimum Gasteiger partial charge on any atom is -0.296 e. The second-order valence-corrected chi connectivity index (χ2v) is 6.45. The smallest absolute Gasteiger partial charge is 0.296 e. The molecule has 1 amide bonds. The Balaban J connectivity index is 1.87. The largest absolute Gasteiger partial charge is 0.445 e. The number of carbonyl (C=O) groups excluding carboxylic acids is 1. The maximum Gasteiger partial charge on any atom is 0.445 e. The van der Waals surface area contributed by atoms with Gasteiger partial charge in [0.2, 0.25) is 10.1 Å². The lowest BCUT2D eigenvalue weighted by Gasteiger charge is -2.00. The summed E-state index contributed by atoms with van der Waals surface area (Å²) < 4.78 is 38.3. The fourth-order valence-corrected chi connectivity index (χ4v) is 3.64. The molecule has 0 aliphatic heterocycles. The van der Waals surface area contributed by atoms with Crippen molar-refractivity contribution in [2.45, 2.75) is 13.1 Å². The van der Waals surface area contributed by atoms with Crippen LogP contribution in [-0.2, 0) is 6.18 Å². The van der Waals surface area contributed by atoms with Crippen LogP contribution in [0.15, 0.2) is 24.3 Å². The Labute approximate surface area is 130 Å². The SMILES string of the molecule is Cc1c(C(=O)Nc2nnc(C(F)(F)F)s2)sc2ccccc12. The van der Waals surface area contributed by atoms with E-state index in [4.69, 9.17) is 0 Å².